The standard InChI is InChI=1S/C18H21F2N7O/c1-10-5-12(7-23-17(10)21)16-13(8-27(26-16)9-15(19)20)14-3-4-22-18(25-14)24-6-11(2)28/h3-5,7-8,11,15,28H,6,9H2,1-2H3,(H2,21,23)(H,22,24,25)/t11-/m0/s1. The van der Waals surface area contributed by atoms with Gasteiger partial charge in [0.05, 0.1) is 11.8 Å². The summed E-state index contributed by atoms with van der Waals surface area (Å²) >= 11 is 0. The summed E-state index contributed by atoms with van der Waals surface area (Å²) in [5.41, 5.74) is 8.72. The minimum Gasteiger partial charge on any atom is -0.392 e. The maximum absolute atomic E-state index is 12.9. The molecule has 10 heteroatoms. The van der Waals surface area contributed by atoms with E-state index >= 15 is 0 Å². The van der Waals surface area contributed by atoms with Crippen LogP contribution in [0.3, 0.4) is 0 Å². The Morgan fingerprint density at radius 3 is 2.79 bits per heavy atom. The van der Waals surface area contributed by atoms with E-state index in [2.05, 4.69) is 25.4 Å². The lowest BCUT2D eigenvalue weighted by Gasteiger charge is -2.08. The average molecular weight is 389 g/mol. The molecule has 3 aromatic heterocycles. The van der Waals surface area contributed by atoms with E-state index in [9.17, 15) is 13.9 Å². The van der Waals surface area contributed by atoms with E-state index in [1.165, 1.54) is 10.9 Å². The molecule has 0 radical (unpaired) electrons. The first kappa shape index (κ1) is 19.6. The van der Waals surface area contributed by atoms with Gasteiger partial charge in [0.25, 0.3) is 6.43 Å². The molecule has 148 valence electrons. The molecular weight excluding hydrogens is 368 g/mol. The van der Waals surface area contributed by atoms with Gasteiger partial charge in [-0.25, -0.2) is 23.7 Å². The van der Waals surface area contributed by atoms with Crippen LogP contribution in [0.1, 0.15) is 12.5 Å². The van der Waals surface area contributed by atoms with Gasteiger partial charge in [-0.15, -0.1) is 0 Å². The molecule has 0 aromatic carbocycles. The molecule has 3 aromatic rings. The van der Waals surface area contributed by atoms with Crippen molar-refractivity contribution >= 4 is 11.8 Å². The van der Waals surface area contributed by atoms with Gasteiger partial charge in [0.15, 0.2) is 0 Å². The minimum absolute atomic E-state index is 0.280. The number of nitrogens with zero attached hydrogens (tertiary/aromatic N) is 5. The van der Waals surface area contributed by atoms with Crippen LogP contribution in [0.5, 0.6) is 0 Å². The third-order valence-electron chi connectivity index (χ3n) is 3.97. The molecule has 8 nitrogen and oxygen atoms in total. The summed E-state index contributed by atoms with van der Waals surface area (Å²) in [6.07, 6.45) is 1.51. The molecular formula is C18H21F2N7O. The first-order valence-corrected chi connectivity index (χ1v) is 8.67. The molecule has 0 aliphatic heterocycles. The molecule has 0 amide bonds. The van der Waals surface area contributed by atoms with Crippen LogP contribution in [-0.4, -0.2) is 48.9 Å². The molecule has 28 heavy (non-hydrogen) atoms. The maximum atomic E-state index is 12.9. The number of nitrogens with one attached hydrogen (secondary N) is 1. The summed E-state index contributed by atoms with van der Waals surface area (Å²) in [4.78, 5) is 12.7. The fourth-order valence-corrected chi connectivity index (χ4v) is 2.60. The smallest absolute Gasteiger partial charge is 0.257 e. The molecule has 0 saturated heterocycles. The molecule has 0 aliphatic rings. The van der Waals surface area contributed by atoms with Gasteiger partial charge in [-0.2, -0.15) is 5.10 Å². The number of nitrogens with two attached hydrogens (primary N) is 1. The zero-order valence-corrected chi connectivity index (χ0v) is 15.5. The number of hydrogen-bond donors (Lipinski definition) is 3. The van der Waals surface area contributed by atoms with E-state index in [4.69, 9.17) is 5.73 Å². The lowest BCUT2D eigenvalue weighted by molar-refractivity contribution is 0.122. The summed E-state index contributed by atoms with van der Waals surface area (Å²) in [5.74, 6) is 0.710. The Kier molecular flexibility index (Phi) is 5.78. The first-order chi connectivity index (χ1) is 13.3. The number of anilines is 2. The lowest BCUT2D eigenvalue weighted by atomic mass is 10.1. The van der Waals surface area contributed by atoms with Crippen molar-refractivity contribution in [1.29, 1.82) is 0 Å². The second-order valence-corrected chi connectivity index (χ2v) is 6.43. The van der Waals surface area contributed by atoms with Gasteiger partial charge in [-0.05, 0) is 31.5 Å². The van der Waals surface area contributed by atoms with Gasteiger partial charge in [0, 0.05) is 36.3 Å². The zero-order chi connectivity index (χ0) is 20.3. The van der Waals surface area contributed by atoms with Crippen LogP contribution in [0, 0.1) is 6.92 Å². The van der Waals surface area contributed by atoms with Gasteiger partial charge in [-0.1, -0.05) is 0 Å². The zero-order valence-electron chi connectivity index (χ0n) is 15.5. The van der Waals surface area contributed by atoms with E-state index in [0.717, 1.165) is 5.56 Å². The summed E-state index contributed by atoms with van der Waals surface area (Å²) in [6.45, 7) is 3.19. The van der Waals surface area contributed by atoms with Crippen molar-refractivity contribution in [2.45, 2.75) is 32.9 Å². The van der Waals surface area contributed by atoms with Crippen molar-refractivity contribution in [1.82, 2.24) is 24.7 Å². The Morgan fingerprint density at radius 1 is 1.32 bits per heavy atom. The molecule has 3 heterocycles. The number of halogens is 2. The lowest BCUT2D eigenvalue weighted by Crippen LogP contribution is -2.16. The normalized spacial score (nSPS) is 12.4. The fraction of sp³-hybridized carbons (Fsp3) is 0.333. The number of aliphatic hydroxyl groups is 1. The topological polar surface area (TPSA) is 115 Å². The Balaban J connectivity index is 2.05. The van der Waals surface area contributed by atoms with Gasteiger partial charge in [-0.3, -0.25) is 4.68 Å². The van der Waals surface area contributed by atoms with Crippen molar-refractivity contribution in [3.8, 4) is 22.5 Å². The van der Waals surface area contributed by atoms with Gasteiger partial charge in [0.2, 0.25) is 5.95 Å². The van der Waals surface area contributed by atoms with Crippen molar-refractivity contribution in [3.05, 3.63) is 36.3 Å². The Bertz CT molecular complexity index is 959. The Morgan fingerprint density at radius 2 is 2.11 bits per heavy atom. The monoisotopic (exact) mass is 389 g/mol. The summed E-state index contributed by atoms with van der Waals surface area (Å²) in [7, 11) is 0. The molecule has 4 N–H and O–H groups in total. The number of alkyl halides is 2. The van der Waals surface area contributed by atoms with Crippen molar-refractivity contribution < 1.29 is 13.9 Å². The maximum Gasteiger partial charge on any atom is 0.257 e. The first-order valence-electron chi connectivity index (χ1n) is 8.67. The highest BCUT2D eigenvalue weighted by Crippen LogP contribution is 2.31. The molecule has 3 rings (SSSR count). The Hall–Kier alpha value is -3.14. The largest absolute Gasteiger partial charge is 0.392 e. The van der Waals surface area contributed by atoms with Gasteiger partial charge < -0.3 is 16.2 Å². The van der Waals surface area contributed by atoms with E-state index < -0.39 is 19.1 Å². The molecule has 0 fully saturated rings. The molecule has 0 aliphatic carbocycles. The van der Waals surface area contributed by atoms with Gasteiger partial charge >= 0.3 is 0 Å². The highest BCUT2D eigenvalue weighted by Gasteiger charge is 2.18. The van der Waals surface area contributed by atoms with Crippen LogP contribution in [0.4, 0.5) is 20.5 Å². The summed E-state index contributed by atoms with van der Waals surface area (Å²) in [6, 6.07) is 3.47. The second-order valence-electron chi connectivity index (χ2n) is 6.43. The SMILES string of the molecule is Cc1cc(-c2nn(CC(F)F)cc2-c2ccnc(NC[C@H](C)O)n2)cnc1N. The van der Waals surface area contributed by atoms with Crippen molar-refractivity contribution in [3.63, 3.8) is 0 Å². The highest BCUT2D eigenvalue weighted by molar-refractivity contribution is 5.79. The number of aryl methyl sites for hydroxylation is 1. The van der Waals surface area contributed by atoms with Crippen LogP contribution in [0.25, 0.3) is 22.5 Å². The molecule has 0 spiro atoms. The van der Waals surface area contributed by atoms with Crippen molar-refractivity contribution in [2.75, 3.05) is 17.6 Å². The average Bonchev–Trinajstić information content (AvgIpc) is 3.05. The van der Waals surface area contributed by atoms with Crippen molar-refractivity contribution in [2.24, 2.45) is 0 Å². The third-order valence-corrected chi connectivity index (χ3v) is 3.97. The number of aliphatic hydroxyl groups excluding tert-OH is 1. The number of rotatable bonds is 7. The number of pyridine rings is 1. The Labute approximate surface area is 160 Å². The van der Waals surface area contributed by atoms with Gasteiger partial charge in [0.1, 0.15) is 18.1 Å². The third kappa shape index (κ3) is 4.58. The highest BCUT2D eigenvalue weighted by atomic mass is 19.3. The predicted molar refractivity (Wildman–Crippen MR) is 102 cm³/mol. The molecule has 0 bridgehead atoms. The van der Waals surface area contributed by atoms with E-state index in [-0.39, 0.29) is 6.54 Å². The van der Waals surface area contributed by atoms with Crippen LogP contribution >= 0.6 is 0 Å². The fourth-order valence-electron chi connectivity index (χ4n) is 2.60. The molecule has 1 atom stereocenters. The van der Waals surface area contributed by atoms with Crippen LogP contribution < -0.4 is 11.1 Å². The quantitative estimate of drug-likeness (QED) is 0.568. The molecule has 0 unspecified atom stereocenters. The number of nitrogen functional groups attached to an aromatic ring is 1. The summed E-state index contributed by atoms with van der Waals surface area (Å²) in [5, 5.41) is 16.6. The van der Waals surface area contributed by atoms with Crippen LogP contribution in [0.2, 0.25) is 0 Å². The van der Waals surface area contributed by atoms with E-state index in [1.807, 2.05) is 6.92 Å². The summed E-state index contributed by atoms with van der Waals surface area (Å²) < 4.78 is 26.9. The van der Waals surface area contributed by atoms with Crippen LogP contribution in [0.15, 0.2) is 30.7 Å². The predicted octanol–water partition coefficient (Wildman–Crippen LogP) is 2.35. The molecule has 0 saturated carbocycles. The minimum atomic E-state index is -2.54. The number of aromatic nitrogens is 5. The number of hydrogen-bond acceptors (Lipinski definition) is 7. The van der Waals surface area contributed by atoms with Crippen LogP contribution in [-0.2, 0) is 6.54 Å². The van der Waals surface area contributed by atoms with E-state index in [1.54, 1.807) is 31.5 Å². The second kappa shape index (κ2) is 8.26. The van der Waals surface area contributed by atoms with E-state index in [0.29, 0.717) is 34.3 Å².